The highest BCUT2D eigenvalue weighted by Crippen LogP contribution is 2.40. The van der Waals surface area contributed by atoms with E-state index in [0.29, 0.717) is 18.5 Å². The molecular weight excluding hydrogens is 412 g/mol. The van der Waals surface area contributed by atoms with Crippen molar-refractivity contribution in [2.45, 2.75) is 63.8 Å². The van der Waals surface area contributed by atoms with Crippen molar-refractivity contribution in [3.05, 3.63) is 83.4 Å². The molecule has 0 saturated carbocycles. The van der Waals surface area contributed by atoms with E-state index < -0.39 is 0 Å². The van der Waals surface area contributed by atoms with Crippen molar-refractivity contribution >= 4 is 5.91 Å². The van der Waals surface area contributed by atoms with Crippen molar-refractivity contribution in [1.82, 2.24) is 19.8 Å². The number of likely N-dealkylation sites (tertiary alicyclic amines) is 1. The van der Waals surface area contributed by atoms with Gasteiger partial charge in [-0.1, -0.05) is 36.4 Å². The molecule has 6 nitrogen and oxygen atoms in total. The van der Waals surface area contributed by atoms with E-state index >= 15 is 0 Å². The Labute approximate surface area is 195 Å². The third-order valence-electron chi connectivity index (χ3n) is 7.18. The number of benzene rings is 2. The molecule has 33 heavy (non-hydrogen) atoms. The Hall–Kier alpha value is -3.12. The number of carbonyl (C=O) groups excluding carboxylic acids is 1. The lowest BCUT2D eigenvalue weighted by Crippen LogP contribution is -2.42. The van der Waals surface area contributed by atoms with Crippen molar-refractivity contribution in [2.75, 3.05) is 7.11 Å². The van der Waals surface area contributed by atoms with Crippen LogP contribution in [0.4, 0.5) is 0 Å². The van der Waals surface area contributed by atoms with E-state index in [-0.39, 0.29) is 11.9 Å². The van der Waals surface area contributed by atoms with Crippen LogP contribution < -0.4 is 10.1 Å². The molecule has 0 bridgehead atoms. The summed E-state index contributed by atoms with van der Waals surface area (Å²) in [6, 6.07) is 18.1. The number of amides is 1. The summed E-state index contributed by atoms with van der Waals surface area (Å²) < 4.78 is 7.81. The molecule has 3 heterocycles. The highest BCUT2D eigenvalue weighted by atomic mass is 16.5. The molecule has 0 aliphatic carbocycles. The van der Waals surface area contributed by atoms with Crippen LogP contribution >= 0.6 is 0 Å². The quantitative estimate of drug-likeness (QED) is 0.618. The Bertz CT molecular complexity index is 1110. The van der Waals surface area contributed by atoms with Crippen LogP contribution in [0.5, 0.6) is 5.75 Å². The maximum Gasteiger partial charge on any atom is 0.220 e. The first kappa shape index (κ1) is 21.7. The van der Waals surface area contributed by atoms with Crippen LogP contribution in [0.15, 0.2) is 60.9 Å². The topological polar surface area (TPSA) is 59.4 Å². The molecule has 2 fully saturated rings. The highest BCUT2D eigenvalue weighted by Gasteiger charge is 2.43. The van der Waals surface area contributed by atoms with Gasteiger partial charge in [-0.2, -0.15) is 0 Å². The van der Waals surface area contributed by atoms with Crippen molar-refractivity contribution in [3.63, 3.8) is 0 Å². The average Bonchev–Trinajstić information content (AvgIpc) is 3.31. The molecule has 2 aliphatic rings. The molecule has 0 unspecified atom stereocenters. The molecule has 1 N–H and O–H groups in total. The van der Waals surface area contributed by atoms with Gasteiger partial charge >= 0.3 is 0 Å². The lowest BCUT2D eigenvalue weighted by atomic mass is 10.0. The predicted molar refractivity (Wildman–Crippen MR) is 128 cm³/mol. The van der Waals surface area contributed by atoms with Gasteiger partial charge in [0, 0.05) is 49.0 Å². The Morgan fingerprint density at radius 3 is 2.76 bits per heavy atom. The Morgan fingerprint density at radius 2 is 2.00 bits per heavy atom. The predicted octanol–water partition coefficient (Wildman–Crippen LogP) is 4.23. The van der Waals surface area contributed by atoms with E-state index in [4.69, 9.17) is 4.74 Å². The summed E-state index contributed by atoms with van der Waals surface area (Å²) in [5, 5.41) is 3.31. The third kappa shape index (κ3) is 4.53. The number of rotatable bonds is 6. The number of hydrogen-bond acceptors (Lipinski definition) is 4. The molecule has 0 radical (unpaired) electrons. The van der Waals surface area contributed by atoms with Gasteiger partial charge in [0.25, 0.3) is 0 Å². The van der Waals surface area contributed by atoms with Crippen molar-refractivity contribution in [3.8, 4) is 5.75 Å². The third-order valence-corrected chi connectivity index (χ3v) is 7.18. The van der Waals surface area contributed by atoms with Gasteiger partial charge < -0.3 is 14.6 Å². The van der Waals surface area contributed by atoms with E-state index in [9.17, 15) is 4.79 Å². The normalized spacial score (nSPS) is 23.1. The average molecular weight is 445 g/mol. The first-order valence-electron chi connectivity index (χ1n) is 11.9. The van der Waals surface area contributed by atoms with Gasteiger partial charge in [0.05, 0.1) is 13.7 Å². The van der Waals surface area contributed by atoms with Crippen LogP contribution in [0.25, 0.3) is 0 Å². The van der Waals surface area contributed by atoms with E-state index in [1.54, 1.807) is 7.11 Å². The fourth-order valence-corrected chi connectivity index (χ4v) is 5.52. The maximum atomic E-state index is 12.3. The van der Waals surface area contributed by atoms with Gasteiger partial charge in [-0.15, -0.1) is 0 Å². The van der Waals surface area contributed by atoms with Gasteiger partial charge in [0.1, 0.15) is 11.6 Å². The molecule has 1 amide bonds. The van der Waals surface area contributed by atoms with Gasteiger partial charge in [-0.3, -0.25) is 9.69 Å². The Morgan fingerprint density at radius 1 is 1.15 bits per heavy atom. The van der Waals surface area contributed by atoms with Crippen LogP contribution in [0.3, 0.4) is 0 Å². The molecule has 2 aromatic carbocycles. The maximum absolute atomic E-state index is 12.3. The molecule has 5 rings (SSSR count). The lowest BCUT2D eigenvalue weighted by Gasteiger charge is -2.31. The Kier molecular flexibility index (Phi) is 6.18. The fourth-order valence-electron chi connectivity index (χ4n) is 5.52. The van der Waals surface area contributed by atoms with E-state index in [1.165, 1.54) is 11.1 Å². The number of nitrogens with zero attached hydrogens (tertiary/aromatic N) is 3. The van der Waals surface area contributed by atoms with Gasteiger partial charge in [0.15, 0.2) is 0 Å². The second-order valence-electron chi connectivity index (χ2n) is 9.22. The molecule has 1 aromatic heterocycles. The first-order chi connectivity index (χ1) is 16.1. The number of carbonyl (C=O) groups is 1. The van der Waals surface area contributed by atoms with Crippen molar-refractivity contribution in [2.24, 2.45) is 0 Å². The zero-order chi connectivity index (χ0) is 22.8. The van der Waals surface area contributed by atoms with E-state index in [1.807, 2.05) is 19.3 Å². The molecule has 3 atom stereocenters. The monoisotopic (exact) mass is 444 g/mol. The number of ether oxygens (including phenoxy) is 1. The van der Waals surface area contributed by atoms with Crippen LogP contribution in [0.2, 0.25) is 0 Å². The second kappa shape index (κ2) is 9.40. The summed E-state index contributed by atoms with van der Waals surface area (Å²) in [5.74, 6) is 2.08. The second-order valence-corrected chi connectivity index (χ2v) is 9.22. The van der Waals surface area contributed by atoms with Crippen LogP contribution in [0, 0.1) is 6.92 Å². The van der Waals surface area contributed by atoms with Gasteiger partial charge in [-0.25, -0.2) is 4.98 Å². The van der Waals surface area contributed by atoms with Crippen LogP contribution in [-0.2, 0) is 17.9 Å². The molecule has 0 spiro atoms. The molecule has 3 aromatic rings. The number of imidazole rings is 1. The lowest BCUT2D eigenvalue weighted by molar-refractivity contribution is -0.121. The summed E-state index contributed by atoms with van der Waals surface area (Å²) >= 11 is 0. The zero-order valence-corrected chi connectivity index (χ0v) is 19.4. The molecule has 2 saturated heterocycles. The molecular formula is C27H32N4O2. The summed E-state index contributed by atoms with van der Waals surface area (Å²) in [7, 11) is 1.73. The van der Waals surface area contributed by atoms with Gasteiger partial charge in [0.2, 0.25) is 5.91 Å². The zero-order valence-electron chi connectivity index (χ0n) is 19.4. The van der Waals surface area contributed by atoms with Crippen molar-refractivity contribution < 1.29 is 9.53 Å². The van der Waals surface area contributed by atoms with Crippen LogP contribution in [0.1, 0.15) is 54.2 Å². The van der Waals surface area contributed by atoms with E-state index in [2.05, 4.69) is 68.3 Å². The number of methoxy groups -OCH3 is 1. The highest BCUT2D eigenvalue weighted by molar-refractivity contribution is 5.76. The van der Waals surface area contributed by atoms with Gasteiger partial charge in [-0.05, 0) is 49.4 Å². The van der Waals surface area contributed by atoms with Crippen molar-refractivity contribution in [1.29, 1.82) is 0 Å². The minimum absolute atomic E-state index is 0.193. The number of nitrogens with one attached hydrogen (secondary N) is 1. The number of fused-ring (bicyclic) bond motifs is 1. The Balaban J connectivity index is 1.45. The number of hydrogen-bond donors (Lipinski definition) is 1. The smallest absolute Gasteiger partial charge is 0.220 e. The largest absolute Gasteiger partial charge is 0.496 e. The summed E-state index contributed by atoms with van der Waals surface area (Å²) in [6.07, 6.45) is 7.42. The molecule has 172 valence electrons. The van der Waals surface area contributed by atoms with Crippen LogP contribution in [-0.4, -0.2) is 39.6 Å². The SMILES string of the molecule is COc1ccc(CN2[C@@H](c3ccccc3)C[C@@H]3NC(=O)CCC[C@H]32)cc1Cn1ccnc1C. The summed E-state index contributed by atoms with van der Waals surface area (Å²) in [5.41, 5.74) is 3.74. The first-order valence-corrected chi connectivity index (χ1v) is 11.9. The summed E-state index contributed by atoms with van der Waals surface area (Å²) in [6.45, 7) is 3.59. The standard InChI is InChI=1S/C27H32N4O2/c1-19-28-13-14-30(19)18-22-15-20(11-12-26(22)33-2)17-31-24-9-6-10-27(32)29-23(24)16-25(31)21-7-4-3-5-8-21/h3-5,7-8,11-15,23-25H,6,9-10,16-18H2,1-2H3,(H,29,32)/t23-,24+,25+/m0/s1. The minimum Gasteiger partial charge on any atom is -0.496 e. The molecule has 6 heteroatoms. The minimum atomic E-state index is 0.193. The van der Waals surface area contributed by atoms with E-state index in [0.717, 1.165) is 49.5 Å². The number of aromatic nitrogens is 2. The summed E-state index contributed by atoms with van der Waals surface area (Å²) in [4.78, 5) is 19.2. The molecule has 2 aliphatic heterocycles. The fraction of sp³-hybridized carbons (Fsp3) is 0.407. The number of aryl methyl sites for hydroxylation is 1.